The van der Waals surface area contributed by atoms with E-state index in [0.29, 0.717) is 12.8 Å². The Bertz CT molecular complexity index is 384. The van der Waals surface area contributed by atoms with Crippen molar-refractivity contribution in [2.75, 3.05) is 6.61 Å². The van der Waals surface area contributed by atoms with Crippen molar-refractivity contribution in [3.05, 3.63) is 35.9 Å². The van der Waals surface area contributed by atoms with Gasteiger partial charge in [-0.05, 0) is 39.2 Å². The van der Waals surface area contributed by atoms with Crippen LogP contribution < -0.4 is 5.32 Å². The number of carbonyl (C=O) groups excluding carboxylic acids is 1. The van der Waals surface area contributed by atoms with E-state index in [1.807, 2.05) is 51.1 Å². The first-order chi connectivity index (χ1) is 8.92. The third-order valence-electron chi connectivity index (χ3n) is 2.54. The lowest BCUT2D eigenvalue weighted by atomic mass is 10.0. The zero-order valence-electron chi connectivity index (χ0n) is 11.8. The molecule has 0 aliphatic heterocycles. The van der Waals surface area contributed by atoms with Crippen molar-refractivity contribution in [3.8, 4) is 0 Å². The first-order valence-corrected chi connectivity index (χ1v) is 6.57. The van der Waals surface area contributed by atoms with Gasteiger partial charge in [-0.15, -0.1) is 0 Å². The zero-order valence-corrected chi connectivity index (χ0v) is 11.8. The highest BCUT2D eigenvalue weighted by molar-refractivity contribution is 5.68. The van der Waals surface area contributed by atoms with E-state index in [1.165, 1.54) is 0 Å². The van der Waals surface area contributed by atoms with Crippen molar-refractivity contribution >= 4 is 6.09 Å². The molecule has 2 N–H and O–H groups in total. The van der Waals surface area contributed by atoms with Crippen LogP contribution in [-0.2, 0) is 4.74 Å². The van der Waals surface area contributed by atoms with E-state index in [0.717, 1.165) is 5.56 Å². The van der Waals surface area contributed by atoms with E-state index in [1.54, 1.807) is 0 Å². The Morgan fingerprint density at radius 2 is 1.95 bits per heavy atom. The van der Waals surface area contributed by atoms with Crippen LogP contribution in [0.15, 0.2) is 30.3 Å². The summed E-state index contributed by atoms with van der Waals surface area (Å²) < 4.78 is 5.26. The molecule has 1 amide bonds. The summed E-state index contributed by atoms with van der Waals surface area (Å²) in [6.45, 7) is 5.60. The van der Waals surface area contributed by atoms with Gasteiger partial charge in [-0.25, -0.2) is 4.79 Å². The number of aliphatic hydroxyl groups excluding tert-OH is 1. The van der Waals surface area contributed by atoms with Gasteiger partial charge in [-0.2, -0.15) is 0 Å². The van der Waals surface area contributed by atoms with E-state index < -0.39 is 11.7 Å². The average Bonchev–Trinajstić information content (AvgIpc) is 2.33. The maximum absolute atomic E-state index is 11.8. The number of benzene rings is 1. The van der Waals surface area contributed by atoms with E-state index in [9.17, 15) is 4.79 Å². The van der Waals surface area contributed by atoms with Crippen LogP contribution in [0.3, 0.4) is 0 Å². The van der Waals surface area contributed by atoms with Crippen molar-refractivity contribution in [1.29, 1.82) is 0 Å². The molecule has 0 bridgehead atoms. The number of carbonyl (C=O) groups is 1. The summed E-state index contributed by atoms with van der Waals surface area (Å²) in [5.41, 5.74) is 0.504. The second-order valence-corrected chi connectivity index (χ2v) is 5.48. The highest BCUT2D eigenvalue weighted by Gasteiger charge is 2.20. The molecular weight excluding hydrogens is 242 g/mol. The van der Waals surface area contributed by atoms with Crippen molar-refractivity contribution in [1.82, 2.24) is 5.32 Å². The van der Waals surface area contributed by atoms with Gasteiger partial charge in [0.2, 0.25) is 0 Å². The first-order valence-electron chi connectivity index (χ1n) is 6.57. The van der Waals surface area contributed by atoms with Gasteiger partial charge >= 0.3 is 6.09 Å². The normalized spacial score (nSPS) is 12.8. The van der Waals surface area contributed by atoms with Crippen molar-refractivity contribution in [3.63, 3.8) is 0 Å². The predicted molar refractivity (Wildman–Crippen MR) is 74.9 cm³/mol. The standard InChI is InChI=1S/C15H23NO3/c1-15(2,3)19-14(18)16-13(10-7-11-17)12-8-5-4-6-9-12/h4-6,8-9,13,17H,7,10-11H2,1-3H3,(H,16,18)/t13-/m1/s1. The van der Waals surface area contributed by atoms with Gasteiger partial charge in [0, 0.05) is 6.61 Å². The number of hydrogen-bond donors (Lipinski definition) is 2. The van der Waals surface area contributed by atoms with Gasteiger partial charge in [-0.1, -0.05) is 30.3 Å². The van der Waals surface area contributed by atoms with Crippen LogP contribution in [0.1, 0.15) is 45.2 Å². The van der Waals surface area contributed by atoms with Crippen LogP contribution in [0.4, 0.5) is 4.79 Å². The molecule has 1 aromatic rings. The molecule has 0 aromatic heterocycles. The highest BCUT2D eigenvalue weighted by atomic mass is 16.6. The zero-order chi connectivity index (χ0) is 14.3. The summed E-state index contributed by atoms with van der Waals surface area (Å²) in [5.74, 6) is 0. The molecule has 0 heterocycles. The molecule has 4 heteroatoms. The minimum absolute atomic E-state index is 0.110. The summed E-state index contributed by atoms with van der Waals surface area (Å²) in [4.78, 5) is 11.8. The predicted octanol–water partition coefficient (Wildman–Crippen LogP) is 3.02. The Balaban J connectivity index is 2.67. The van der Waals surface area contributed by atoms with E-state index in [-0.39, 0.29) is 12.6 Å². The number of nitrogens with one attached hydrogen (secondary N) is 1. The molecule has 0 saturated heterocycles. The average molecular weight is 265 g/mol. The van der Waals surface area contributed by atoms with Gasteiger partial charge in [0.25, 0.3) is 0 Å². The van der Waals surface area contributed by atoms with Gasteiger partial charge < -0.3 is 15.2 Å². The SMILES string of the molecule is CC(C)(C)OC(=O)N[C@H](CCCO)c1ccccc1. The fourth-order valence-electron chi connectivity index (χ4n) is 1.75. The summed E-state index contributed by atoms with van der Waals surface area (Å²) in [6.07, 6.45) is 0.883. The summed E-state index contributed by atoms with van der Waals surface area (Å²) >= 11 is 0. The molecule has 0 aliphatic carbocycles. The second-order valence-electron chi connectivity index (χ2n) is 5.48. The topological polar surface area (TPSA) is 58.6 Å². The number of alkyl carbamates (subject to hydrolysis) is 1. The summed E-state index contributed by atoms with van der Waals surface area (Å²) in [6, 6.07) is 9.57. The molecule has 4 nitrogen and oxygen atoms in total. The number of rotatable bonds is 5. The van der Waals surface area contributed by atoms with Crippen molar-refractivity contribution < 1.29 is 14.6 Å². The van der Waals surface area contributed by atoms with Crippen LogP contribution in [0.5, 0.6) is 0 Å². The monoisotopic (exact) mass is 265 g/mol. The number of ether oxygens (including phenoxy) is 1. The maximum Gasteiger partial charge on any atom is 0.408 e. The fraction of sp³-hybridized carbons (Fsp3) is 0.533. The highest BCUT2D eigenvalue weighted by Crippen LogP contribution is 2.19. The third kappa shape index (κ3) is 6.25. The molecular formula is C15H23NO3. The van der Waals surface area contributed by atoms with E-state index in [2.05, 4.69) is 5.32 Å². The van der Waals surface area contributed by atoms with Crippen molar-refractivity contribution in [2.24, 2.45) is 0 Å². The Morgan fingerprint density at radius 3 is 2.47 bits per heavy atom. The van der Waals surface area contributed by atoms with Crippen LogP contribution in [0.25, 0.3) is 0 Å². The summed E-state index contributed by atoms with van der Waals surface area (Å²) in [7, 11) is 0. The van der Waals surface area contributed by atoms with Crippen LogP contribution in [0.2, 0.25) is 0 Å². The number of aliphatic hydroxyl groups is 1. The quantitative estimate of drug-likeness (QED) is 0.860. The largest absolute Gasteiger partial charge is 0.444 e. The van der Waals surface area contributed by atoms with E-state index >= 15 is 0 Å². The lowest BCUT2D eigenvalue weighted by Gasteiger charge is -2.24. The lowest BCUT2D eigenvalue weighted by Crippen LogP contribution is -2.35. The van der Waals surface area contributed by atoms with Gasteiger partial charge in [0.05, 0.1) is 6.04 Å². The molecule has 1 rings (SSSR count). The fourth-order valence-corrected chi connectivity index (χ4v) is 1.75. The van der Waals surface area contributed by atoms with Crippen LogP contribution in [-0.4, -0.2) is 23.4 Å². The minimum Gasteiger partial charge on any atom is -0.444 e. The Hall–Kier alpha value is -1.55. The van der Waals surface area contributed by atoms with Gasteiger partial charge in [0.1, 0.15) is 5.60 Å². The number of amides is 1. The molecule has 19 heavy (non-hydrogen) atoms. The Labute approximate surface area is 114 Å². The smallest absolute Gasteiger partial charge is 0.408 e. The molecule has 106 valence electrons. The first kappa shape index (κ1) is 15.5. The molecule has 0 aliphatic rings. The van der Waals surface area contributed by atoms with E-state index in [4.69, 9.17) is 9.84 Å². The molecule has 0 fully saturated rings. The molecule has 0 unspecified atom stereocenters. The van der Waals surface area contributed by atoms with Gasteiger partial charge in [-0.3, -0.25) is 0 Å². The minimum atomic E-state index is -0.512. The number of hydrogen-bond acceptors (Lipinski definition) is 3. The second kappa shape index (κ2) is 7.14. The maximum atomic E-state index is 11.8. The molecule has 0 saturated carbocycles. The molecule has 1 aromatic carbocycles. The van der Waals surface area contributed by atoms with Crippen molar-refractivity contribution in [2.45, 2.75) is 45.3 Å². The molecule has 0 radical (unpaired) electrons. The Kier molecular flexibility index (Phi) is 5.83. The lowest BCUT2D eigenvalue weighted by molar-refractivity contribution is 0.0498. The van der Waals surface area contributed by atoms with Crippen LogP contribution >= 0.6 is 0 Å². The Morgan fingerprint density at radius 1 is 1.32 bits per heavy atom. The molecule has 1 atom stereocenters. The van der Waals surface area contributed by atoms with Crippen LogP contribution in [0, 0.1) is 0 Å². The van der Waals surface area contributed by atoms with Gasteiger partial charge in [0.15, 0.2) is 0 Å². The third-order valence-corrected chi connectivity index (χ3v) is 2.54. The summed E-state index contributed by atoms with van der Waals surface area (Å²) in [5, 5.41) is 11.8. The molecule has 0 spiro atoms.